The standard InChI is InChI=1S/C23H29N3O6S/c1-5-32-23(29)17-6-8-26(9-7-17)21-19(22(27)28)12-18(13-24-21)25-33(30,31)20-11-15(3)14(2)10-16(20)4/h10-13,17,25H,5-9H2,1-4H3,(H,27,28). The van der Waals surface area contributed by atoms with E-state index in [1.165, 1.54) is 12.3 Å². The molecule has 1 saturated heterocycles. The number of aromatic nitrogens is 1. The molecule has 0 radical (unpaired) electrons. The molecule has 0 amide bonds. The van der Waals surface area contributed by atoms with Crippen LogP contribution in [0.2, 0.25) is 0 Å². The van der Waals surface area contributed by atoms with E-state index in [0.29, 0.717) is 38.1 Å². The maximum Gasteiger partial charge on any atom is 0.339 e. The Labute approximate surface area is 193 Å². The summed E-state index contributed by atoms with van der Waals surface area (Å²) in [6, 6.07) is 4.67. The molecule has 0 atom stereocenters. The number of nitrogens with one attached hydrogen (secondary N) is 1. The van der Waals surface area contributed by atoms with E-state index in [0.717, 1.165) is 11.1 Å². The van der Waals surface area contributed by atoms with Crippen LogP contribution in [0.5, 0.6) is 0 Å². The predicted octanol–water partition coefficient (Wildman–Crippen LogP) is 3.29. The van der Waals surface area contributed by atoms with Gasteiger partial charge in [-0.2, -0.15) is 0 Å². The van der Waals surface area contributed by atoms with Gasteiger partial charge in [0.25, 0.3) is 10.0 Å². The average molecular weight is 476 g/mol. The number of esters is 1. The van der Waals surface area contributed by atoms with Crippen LogP contribution in [-0.4, -0.2) is 50.1 Å². The van der Waals surface area contributed by atoms with Gasteiger partial charge in [0.15, 0.2) is 0 Å². The molecule has 33 heavy (non-hydrogen) atoms. The van der Waals surface area contributed by atoms with E-state index in [9.17, 15) is 23.1 Å². The van der Waals surface area contributed by atoms with Gasteiger partial charge in [-0.05, 0) is 69.4 Å². The monoisotopic (exact) mass is 475 g/mol. The molecule has 2 N–H and O–H groups in total. The second-order valence-corrected chi connectivity index (χ2v) is 9.87. The van der Waals surface area contributed by atoms with Crippen LogP contribution in [0.25, 0.3) is 0 Å². The normalized spacial score (nSPS) is 14.7. The van der Waals surface area contributed by atoms with Crippen molar-refractivity contribution in [2.24, 2.45) is 5.92 Å². The smallest absolute Gasteiger partial charge is 0.339 e. The summed E-state index contributed by atoms with van der Waals surface area (Å²) < 4.78 is 33.5. The topological polar surface area (TPSA) is 126 Å². The number of benzene rings is 1. The molecule has 1 fully saturated rings. The summed E-state index contributed by atoms with van der Waals surface area (Å²) in [7, 11) is -3.93. The van der Waals surface area contributed by atoms with Crippen molar-refractivity contribution in [1.29, 1.82) is 0 Å². The lowest BCUT2D eigenvalue weighted by atomic mass is 9.96. The van der Waals surface area contributed by atoms with Crippen molar-refractivity contribution in [2.75, 3.05) is 29.3 Å². The summed E-state index contributed by atoms with van der Waals surface area (Å²) >= 11 is 0. The molecule has 1 aromatic heterocycles. The van der Waals surface area contributed by atoms with Crippen molar-refractivity contribution in [1.82, 2.24) is 4.98 Å². The van der Waals surface area contributed by atoms with Gasteiger partial charge >= 0.3 is 11.9 Å². The minimum atomic E-state index is -3.93. The van der Waals surface area contributed by atoms with Crippen molar-refractivity contribution in [3.05, 3.63) is 46.6 Å². The van der Waals surface area contributed by atoms with Crippen LogP contribution in [0.15, 0.2) is 29.3 Å². The van der Waals surface area contributed by atoms with Gasteiger partial charge in [-0.15, -0.1) is 0 Å². The van der Waals surface area contributed by atoms with Crippen LogP contribution < -0.4 is 9.62 Å². The van der Waals surface area contributed by atoms with Crippen LogP contribution >= 0.6 is 0 Å². The number of hydrogen-bond donors (Lipinski definition) is 2. The third-order valence-corrected chi connectivity index (χ3v) is 7.37. The van der Waals surface area contributed by atoms with Gasteiger partial charge in [-0.1, -0.05) is 6.07 Å². The molecule has 1 aliphatic rings. The highest BCUT2D eigenvalue weighted by Gasteiger charge is 2.29. The van der Waals surface area contributed by atoms with Crippen molar-refractivity contribution in [3.8, 4) is 0 Å². The maximum atomic E-state index is 13.0. The molecule has 9 nitrogen and oxygen atoms in total. The van der Waals surface area contributed by atoms with Crippen LogP contribution in [0.3, 0.4) is 0 Å². The van der Waals surface area contributed by atoms with E-state index in [1.54, 1.807) is 30.9 Å². The zero-order chi connectivity index (χ0) is 24.3. The molecular formula is C23H29N3O6S. The minimum absolute atomic E-state index is 0.0650. The second kappa shape index (κ2) is 9.78. The number of sulfonamides is 1. The molecule has 2 aromatic rings. The number of aromatic carboxylic acids is 1. The van der Waals surface area contributed by atoms with Crippen LogP contribution in [0.4, 0.5) is 11.5 Å². The van der Waals surface area contributed by atoms with Crippen molar-refractivity contribution in [3.63, 3.8) is 0 Å². The number of ether oxygens (including phenoxy) is 1. The number of carboxylic acids is 1. The Morgan fingerprint density at radius 1 is 1.12 bits per heavy atom. The molecule has 0 spiro atoms. The van der Waals surface area contributed by atoms with Crippen molar-refractivity contribution >= 4 is 33.5 Å². The quantitative estimate of drug-likeness (QED) is 0.584. The third-order valence-electron chi connectivity index (χ3n) is 5.84. The lowest BCUT2D eigenvalue weighted by Crippen LogP contribution is -2.38. The van der Waals surface area contributed by atoms with Crippen LogP contribution in [0, 0.1) is 26.7 Å². The highest BCUT2D eigenvalue weighted by atomic mass is 32.2. The number of hydrogen-bond acceptors (Lipinski definition) is 7. The number of anilines is 2. The predicted molar refractivity (Wildman–Crippen MR) is 124 cm³/mol. The first-order valence-electron chi connectivity index (χ1n) is 10.8. The summed E-state index contributed by atoms with van der Waals surface area (Å²) in [5.41, 5.74) is 2.37. The van der Waals surface area contributed by atoms with Crippen molar-refractivity contribution in [2.45, 2.75) is 45.4 Å². The number of carbonyl (C=O) groups is 2. The molecule has 178 valence electrons. The minimum Gasteiger partial charge on any atom is -0.478 e. The van der Waals surface area contributed by atoms with Gasteiger partial charge < -0.3 is 14.7 Å². The Morgan fingerprint density at radius 2 is 1.76 bits per heavy atom. The summed E-state index contributed by atoms with van der Waals surface area (Å²) in [5, 5.41) is 9.74. The largest absolute Gasteiger partial charge is 0.478 e. The van der Waals surface area contributed by atoms with E-state index < -0.39 is 16.0 Å². The number of rotatable bonds is 7. The third kappa shape index (κ3) is 5.44. The molecular weight excluding hydrogens is 446 g/mol. The van der Waals surface area contributed by atoms with Gasteiger partial charge in [-0.25, -0.2) is 18.2 Å². The fourth-order valence-electron chi connectivity index (χ4n) is 3.94. The van der Waals surface area contributed by atoms with Gasteiger partial charge in [0.2, 0.25) is 0 Å². The SMILES string of the molecule is CCOC(=O)C1CCN(c2ncc(NS(=O)(=O)c3cc(C)c(C)cc3C)cc2C(=O)O)CC1. The number of pyridine rings is 1. The molecule has 3 rings (SSSR count). The van der Waals surface area contributed by atoms with E-state index in [2.05, 4.69) is 9.71 Å². The summed E-state index contributed by atoms with van der Waals surface area (Å²) in [5.74, 6) is -1.43. The van der Waals surface area contributed by atoms with E-state index in [-0.39, 0.29) is 33.9 Å². The van der Waals surface area contributed by atoms with Gasteiger partial charge in [0.1, 0.15) is 11.4 Å². The molecule has 2 heterocycles. The van der Waals surface area contributed by atoms with E-state index in [1.807, 2.05) is 13.8 Å². The Balaban J connectivity index is 1.83. The Hall–Kier alpha value is -3.14. The summed E-state index contributed by atoms with van der Waals surface area (Å²) in [4.78, 5) is 30.1. The van der Waals surface area contributed by atoms with Gasteiger partial charge in [-0.3, -0.25) is 9.52 Å². The second-order valence-electron chi connectivity index (χ2n) is 8.22. The highest BCUT2D eigenvalue weighted by Crippen LogP contribution is 2.29. The molecule has 1 aliphatic heterocycles. The lowest BCUT2D eigenvalue weighted by Gasteiger charge is -2.32. The Bertz CT molecular complexity index is 1170. The Morgan fingerprint density at radius 3 is 2.36 bits per heavy atom. The number of piperidine rings is 1. The number of aryl methyl sites for hydroxylation is 3. The molecule has 0 aliphatic carbocycles. The Kier molecular flexibility index (Phi) is 7.26. The molecule has 10 heteroatoms. The van der Waals surface area contributed by atoms with Gasteiger partial charge in [0, 0.05) is 13.1 Å². The average Bonchev–Trinajstić information content (AvgIpc) is 2.76. The maximum absolute atomic E-state index is 13.0. The zero-order valence-corrected chi connectivity index (χ0v) is 20.0. The molecule has 0 saturated carbocycles. The fourth-order valence-corrected chi connectivity index (χ4v) is 5.29. The lowest BCUT2D eigenvalue weighted by molar-refractivity contribution is -0.148. The van der Waals surface area contributed by atoms with Crippen LogP contribution in [0.1, 0.15) is 46.8 Å². The van der Waals surface area contributed by atoms with Crippen molar-refractivity contribution < 1.29 is 27.9 Å². The summed E-state index contributed by atoms with van der Waals surface area (Å²) in [6.07, 6.45) is 2.37. The van der Waals surface area contributed by atoms with E-state index in [4.69, 9.17) is 4.74 Å². The highest BCUT2D eigenvalue weighted by molar-refractivity contribution is 7.92. The van der Waals surface area contributed by atoms with Gasteiger partial charge in [0.05, 0.1) is 29.3 Å². The number of nitrogens with zero attached hydrogens (tertiary/aromatic N) is 2. The first-order chi connectivity index (χ1) is 15.5. The molecule has 1 aromatic carbocycles. The summed E-state index contributed by atoms with van der Waals surface area (Å²) in [6.45, 7) is 8.43. The first-order valence-corrected chi connectivity index (χ1v) is 12.3. The number of carboxylic acid groups (broad SMARTS) is 1. The molecule has 0 unspecified atom stereocenters. The van der Waals surface area contributed by atoms with E-state index >= 15 is 0 Å². The fraction of sp³-hybridized carbons (Fsp3) is 0.435. The van der Waals surface area contributed by atoms with Crippen LogP contribution in [-0.2, 0) is 19.6 Å². The first kappa shape index (κ1) is 24.5. The molecule has 0 bridgehead atoms. The zero-order valence-electron chi connectivity index (χ0n) is 19.2. The number of carbonyl (C=O) groups excluding carboxylic acids is 1.